The fourth-order valence-corrected chi connectivity index (χ4v) is 5.36. The summed E-state index contributed by atoms with van der Waals surface area (Å²) in [5.74, 6) is 0.235. The maximum atomic E-state index is 13.5. The van der Waals surface area contributed by atoms with Crippen molar-refractivity contribution in [1.82, 2.24) is 4.31 Å². The minimum Gasteiger partial charge on any atom is -0.379 e. The van der Waals surface area contributed by atoms with Gasteiger partial charge in [0.1, 0.15) is 5.82 Å². The van der Waals surface area contributed by atoms with Crippen LogP contribution in [0.25, 0.3) is 0 Å². The third-order valence-corrected chi connectivity index (χ3v) is 6.94. The second-order valence-electron chi connectivity index (χ2n) is 6.96. The SMILES string of the molecule is O=S1(=O)CCOC[C@H](CC2CCCCC2)N1Cc1cccc(F)c1. The Bertz CT molecular complexity index is 643. The van der Waals surface area contributed by atoms with Crippen molar-refractivity contribution >= 4 is 10.0 Å². The summed E-state index contributed by atoms with van der Waals surface area (Å²) in [6.45, 7) is 0.898. The van der Waals surface area contributed by atoms with Crippen LogP contribution in [0.3, 0.4) is 0 Å². The molecule has 2 fully saturated rings. The zero-order valence-electron chi connectivity index (χ0n) is 14.0. The first kappa shape index (κ1) is 17.8. The molecule has 1 saturated heterocycles. The molecule has 134 valence electrons. The average molecular weight is 355 g/mol. The fraction of sp³-hybridized carbons (Fsp3) is 0.667. The molecule has 0 spiro atoms. The Morgan fingerprint density at radius 1 is 1.21 bits per heavy atom. The van der Waals surface area contributed by atoms with Crippen LogP contribution in [0.1, 0.15) is 44.1 Å². The van der Waals surface area contributed by atoms with Gasteiger partial charge in [-0.3, -0.25) is 0 Å². The molecule has 1 aromatic carbocycles. The summed E-state index contributed by atoms with van der Waals surface area (Å²) in [4.78, 5) is 0. The van der Waals surface area contributed by atoms with Crippen molar-refractivity contribution in [2.45, 2.75) is 51.1 Å². The molecule has 1 atom stereocenters. The second kappa shape index (κ2) is 7.93. The second-order valence-corrected chi connectivity index (χ2v) is 9.00. The minimum atomic E-state index is -3.39. The molecule has 2 aliphatic rings. The lowest BCUT2D eigenvalue weighted by Crippen LogP contribution is -2.42. The summed E-state index contributed by atoms with van der Waals surface area (Å²) in [5.41, 5.74) is 0.689. The molecule has 0 bridgehead atoms. The highest BCUT2D eigenvalue weighted by Gasteiger charge is 2.34. The van der Waals surface area contributed by atoms with E-state index in [2.05, 4.69) is 0 Å². The van der Waals surface area contributed by atoms with E-state index >= 15 is 0 Å². The van der Waals surface area contributed by atoms with E-state index in [0.717, 1.165) is 6.42 Å². The predicted octanol–water partition coefficient (Wildman–Crippen LogP) is 3.33. The van der Waals surface area contributed by atoms with Crippen LogP contribution in [0.4, 0.5) is 4.39 Å². The maximum absolute atomic E-state index is 13.5. The van der Waals surface area contributed by atoms with Crippen molar-refractivity contribution in [3.8, 4) is 0 Å². The van der Waals surface area contributed by atoms with E-state index in [-0.39, 0.29) is 30.8 Å². The molecule has 6 heteroatoms. The van der Waals surface area contributed by atoms with Crippen LogP contribution in [-0.2, 0) is 21.3 Å². The number of ether oxygens (including phenoxy) is 1. The van der Waals surface area contributed by atoms with Gasteiger partial charge >= 0.3 is 0 Å². The van der Waals surface area contributed by atoms with E-state index in [0.29, 0.717) is 18.1 Å². The van der Waals surface area contributed by atoms with Gasteiger partial charge in [-0.1, -0.05) is 44.2 Å². The fourth-order valence-electron chi connectivity index (χ4n) is 3.85. The molecule has 1 heterocycles. The molecule has 0 amide bonds. The van der Waals surface area contributed by atoms with E-state index in [4.69, 9.17) is 4.74 Å². The largest absolute Gasteiger partial charge is 0.379 e. The van der Waals surface area contributed by atoms with Gasteiger partial charge < -0.3 is 4.74 Å². The van der Waals surface area contributed by atoms with Crippen LogP contribution in [0.15, 0.2) is 24.3 Å². The number of hydrogen-bond donors (Lipinski definition) is 0. The van der Waals surface area contributed by atoms with Crippen LogP contribution in [0, 0.1) is 11.7 Å². The number of nitrogens with zero attached hydrogens (tertiary/aromatic N) is 1. The van der Waals surface area contributed by atoms with Crippen molar-refractivity contribution in [3.05, 3.63) is 35.6 Å². The van der Waals surface area contributed by atoms with Gasteiger partial charge in [-0.15, -0.1) is 0 Å². The summed E-state index contributed by atoms with van der Waals surface area (Å²) in [5, 5.41) is 0. The Morgan fingerprint density at radius 2 is 2.00 bits per heavy atom. The number of rotatable bonds is 4. The third-order valence-electron chi connectivity index (χ3n) is 5.12. The molecule has 1 aliphatic carbocycles. The number of sulfonamides is 1. The molecule has 0 radical (unpaired) electrons. The van der Waals surface area contributed by atoms with Crippen molar-refractivity contribution in [3.63, 3.8) is 0 Å². The lowest BCUT2D eigenvalue weighted by molar-refractivity contribution is 0.0938. The Balaban J connectivity index is 1.79. The van der Waals surface area contributed by atoms with Gasteiger partial charge in [-0.25, -0.2) is 12.8 Å². The van der Waals surface area contributed by atoms with Crippen LogP contribution < -0.4 is 0 Å². The molecule has 0 aromatic heterocycles. The molecule has 1 saturated carbocycles. The number of halogens is 1. The van der Waals surface area contributed by atoms with E-state index in [1.807, 2.05) is 0 Å². The van der Waals surface area contributed by atoms with Crippen molar-refractivity contribution in [1.29, 1.82) is 0 Å². The normalized spacial score (nSPS) is 26.1. The minimum absolute atomic E-state index is 0.00345. The van der Waals surface area contributed by atoms with Crippen LogP contribution >= 0.6 is 0 Å². The van der Waals surface area contributed by atoms with Crippen molar-refractivity contribution in [2.24, 2.45) is 5.92 Å². The molecule has 3 rings (SSSR count). The van der Waals surface area contributed by atoms with Crippen molar-refractivity contribution < 1.29 is 17.5 Å². The monoisotopic (exact) mass is 355 g/mol. The van der Waals surface area contributed by atoms with Crippen LogP contribution in [0.2, 0.25) is 0 Å². The summed E-state index contributed by atoms with van der Waals surface area (Å²) in [6.07, 6.45) is 6.93. The van der Waals surface area contributed by atoms with Gasteiger partial charge in [0.15, 0.2) is 0 Å². The van der Waals surface area contributed by atoms with Gasteiger partial charge in [0.05, 0.1) is 19.0 Å². The van der Waals surface area contributed by atoms with Crippen LogP contribution in [-0.4, -0.2) is 37.7 Å². The molecule has 0 unspecified atom stereocenters. The van der Waals surface area contributed by atoms with Gasteiger partial charge in [-0.2, -0.15) is 4.31 Å². The smallest absolute Gasteiger partial charge is 0.217 e. The van der Waals surface area contributed by atoms with Gasteiger partial charge in [-0.05, 0) is 30.0 Å². The molecule has 0 N–H and O–H groups in total. The zero-order valence-corrected chi connectivity index (χ0v) is 14.8. The van der Waals surface area contributed by atoms with E-state index < -0.39 is 10.0 Å². The van der Waals surface area contributed by atoms with Crippen molar-refractivity contribution in [2.75, 3.05) is 19.0 Å². The van der Waals surface area contributed by atoms with Gasteiger partial charge in [0.2, 0.25) is 10.0 Å². The van der Waals surface area contributed by atoms with Gasteiger partial charge in [0, 0.05) is 12.6 Å². The number of hydrogen-bond acceptors (Lipinski definition) is 3. The first-order valence-corrected chi connectivity index (χ1v) is 10.5. The predicted molar refractivity (Wildman–Crippen MR) is 91.5 cm³/mol. The molecule has 1 aliphatic heterocycles. The van der Waals surface area contributed by atoms with Gasteiger partial charge in [0.25, 0.3) is 0 Å². The molecular formula is C18H26FNO3S. The Labute approximate surface area is 144 Å². The van der Waals surface area contributed by atoms with Crippen LogP contribution in [0.5, 0.6) is 0 Å². The lowest BCUT2D eigenvalue weighted by Gasteiger charge is -2.32. The summed E-state index contributed by atoms with van der Waals surface area (Å²) in [6, 6.07) is 6.05. The zero-order chi connectivity index (χ0) is 17.0. The molecule has 24 heavy (non-hydrogen) atoms. The summed E-state index contributed by atoms with van der Waals surface area (Å²) in [7, 11) is -3.39. The summed E-state index contributed by atoms with van der Waals surface area (Å²) < 4.78 is 46.0. The molecule has 4 nitrogen and oxygen atoms in total. The van der Waals surface area contributed by atoms with E-state index in [1.54, 1.807) is 16.4 Å². The average Bonchev–Trinajstić information content (AvgIpc) is 2.69. The summed E-state index contributed by atoms with van der Waals surface area (Å²) >= 11 is 0. The first-order chi connectivity index (χ1) is 11.5. The standard InChI is InChI=1S/C18H26FNO3S/c19-17-8-4-7-16(11-17)13-20-18(12-15-5-2-1-3-6-15)14-23-9-10-24(20,21)22/h4,7-8,11,15,18H,1-3,5-6,9-10,12-14H2/t18-/m0/s1. The highest BCUT2D eigenvalue weighted by Crippen LogP contribution is 2.31. The highest BCUT2D eigenvalue weighted by atomic mass is 32.2. The van der Waals surface area contributed by atoms with E-state index in [1.165, 1.54) is 44.2 Å². The number of benzene rings is 1. The molecular weight excluding hydrogens is 329 g/mol. The third kappa shape index (κ3) is 4.55. The maximum Gasteiger partial charge on any atom is 0.217 e. The Kier molecular flexibility index (Phi) is 5.89. The first-order valence-electron chi connectivity index (χ1n) is 8.86. The quantitative estimate of drug-likeness (QED) is 0.832. The molecule has 1 aromatic rings. The lowest BCUT2D eigenvalue weighted by atomic mass is 9.85. The highest BCUT2D eigenvalue weighted by molar-refractivity contribution is 7.89. The Morgan fingerprint density at radius 3 is 2.75 bits per heavy atom. The van der Waals surface area contributed by atoms with E-state index in [9.17, 15) is 12.8 Å². The topological polar surface area (TPSA) is 46.6 Å². The Hall–Kier alpha value is -0.980.